The lowest BCUT2D eigenvalue weighted by Crippen LogP contribution is -2.52. The molecule has 4 rings (SSSR count). The highest BCUT2D eigenvalue weighted by molar-refractivity contribution is 7.09. The van der Waals surface area contributed by atoms with Crippen LogP contribution in [-0.2, 0) is 16.1 Å². The number of carbonyl (C=O) groups excluding carboxylic acids is 2. The Morgan fingerprint density at radius 1 is 1.33 bits per heavy atom. The second-order valence-corrected chi connectivity index (χ2v) is 8.77. The van der Waals surface area contributed by atoms with Crippen molar-refractivity contribution < 1.29 is 9.59 Å². The Hall–Kier alpha value is -1.43. The van der Waals surface area contributed by atoms with Gasteiger partial charge in [-0.25, -0.2) is 4.98 Å². The van der Waals surface area contributed by atoms with Gasteiger partial charge < -0.3 is 9.80 Å². The molecule has 0 bridgehead atoms. The van der Waals surface area contributed by atoms with Crippen molar-refractivity contribution in [1.29, 1.82) is 0 Å². The number of hydrogen-bond acceptors (Lipinski definition) is 4. The average molecular weight is 347 g/mol. The van der Waals surface area contributed by atoms with Gasteiger partial charge in [0.15, 0.2) is 0 Å². The van der Waals surface area contributed by atoms with Crippen LogP contribution >= 0.6 is 11.3 Å². The van der Waals surface area contributed by atoms with Gasteiger partial charge in [0.2, 0.25) is 11.8 Å². The summed E-state index contributed by atoms with van der Waals surface area (Å²) in [5.41, 5.74) is 1.21. The lowest BCUT2D eigenvalue weighted by molar-refractivity contribution is -0.143. The Bertz CT molecular complexity index is 644. The van der Waals surface area contributed by atoms with E-state index in [1.807, 2.05) is 11.8 Å². The van der Waals surface area contributed by atoms with E-state index in [2.05, 4.69) is 15.3 Å². The summed E-state index contributed by atoms with van der Waals surface area (Å²) in [6, 6.07) is 0. The van der Waals surface area contributed by atoms with Crippen LogP contribution in [0, 0.1) is 18.3 Å². The van der Waals surface area contributed by atoms with Crippen molar-refractivity contribution in [2.75, 3.05) is 19.6 Å². The molecule has 1 saturated carbocycles. The van der Waals surface area contributed by atoms with Gasteiger partial charge in [-0.2, -0.15) is 0 Å². The Kier molecular flexibility index (Phi) is 4.11. The number of rotatable bonds is 3. The maximum atomic E-state index is 12.3. The van der Waals surface area contributed by atoms with Crippen molar-refractivity contribution in [1.82, 2.24) is 14.8 Å². The summed E-state index contributed by atoms with van der Waals surface area (Å²) in [4.78, 5) is 33.1. The maximum Gasteiger partial charge on any atom is 0.225 e. The van der Waals surface area contributed by atoms with Crippen LogP contribution in [0.1, 0.15) is 49.2 Å². The van der Waals surface area contributed by atoms with Gasteiger partial charge in [0.1, 0.15) is 0 Å². The molecule has 3 fully saturated rings. The molecule has 3 aliphatic rings. The SMILES string of the molecule is Cc1nc(CN2CC3(CCC2=O)CCN(C(=O)C2CC2)CC3)cs1. The minimum atomic E-state index is 0.208. The lowest BCUT2D eigenvalue weighted by Gasteiger charge is -2.47. The fourth-order valence-electron chi connectivity index (χ4n) is 4.12. The minimum Gasteiger partial charge on any atom is -0.342 e. The molecule has 0 unspecified atom stereocenters. The van der Waals surface area contributed by atoms with E-state index in [1.54, 1.807) is 11.3 Å². The molecule has 1 aromatic rings. The number of aryl methyl sites for hydroxylation is 1. The minimum absolute atomic E-state index is 0.208. The predicted octanol–water partition coefficient (Wildman–Crippen LogP) is 2.59. The maximum absolute atomic E-state index is 12.3. The lowest BCUT2D eigenvalue weighted by atomic mass is 9.72. The highest BCUT2D eigenvalue weighted by atomic mass is 32.1. The molecule has 1 spiro atoms. The van der Waals surface area contributed by atoms with Crippen molar-refractivity contribution in [3.63, 3.8) is 0 Å². The summed E-state index contributed by atoms with van der Waals surface area (Å²) in [5, 5.41) is 3.11. The monoisotopic (exact) mass is 347 g/mol. The van der Waals surface area contributed by atoms with Gasteiger partial charge in [0, 0.05) is 37.4 Å². The second kappa shape index (κ2) is 6.14. The van der Waals surface area contributed by atoms with Crippen molar-refractivity contribution in [2.45, 2.75) is 52.0 Å². The van der Waals surface area contributed by atoms with Crippen molar-refractivity contribution in [3.05, 3.63) is 16.1 Å². The molecule has 5 nitrogen and oxygen atoms in total. The second-order valence-electron chi connectivity index (χ2n) is 7.71. The fourth-order valence-corrected chi connectivity index (χ4v) is 4.72. The standard InChI is InChI=1S/C18H25N3O2S/c1-13-19-15(11-24-13)10-21-12-18(5-4-16(21)22)6-8-20(9-7-18)17(23)14-2-3-14/h11,14H,2-10,12H2,1H3. The van der Waals surface area contributed by atoms with E-state index in [0.717, 1.165) is 62.4 Å². The van der Waals surface area contributed by atoms with Crippen LogP contribution in [0.15, 0.2) is 5.38 Å². The first-order chi connectivity index (χ1) is 11.5. The number of amides is 2. The topological polar surface area (TPSA) is 53.5 Å². The van der Waals surface area contributed by atoms with E-state index in [9.17, 15) is 9.59 Å². The van der Waals surface area contributed by atoms with Crippen molar-refractivity contribution in [3.8, 4) is 0 Å². The van der Waals surface area contributed by atoms with Crippen LogP contribution < -0.4 is 0 Å². The fraction of sp³-hybridized carbons (Fsp3) is 0.722. The van der Waals surface area contributed by atoms with Gasteiger partial charge in [-0.1, -0.05) is 0 Å². The van der Waals surface area contributed by atoms with E-state index in [1.165, 1.54) is 0 Å². The molecule has 130 valence electrons. The van der Waals surface area contributed by atoms with Crippen molar-refractivity contribution in [2.24, 2.45) is 11.3 Å². The molecule has 0 radical (unpaired) electrons. The normalized spacial score (nSPS) is 23.8. The van der Waals surface area contributed by atoms with Crippen LogP contribution in [0.4, 0.5) is 0 Å². The zero-order chi connectivity index (χ0) is 16.7. The first-order valence-electron chi connectivity index (χ1n) is 9.02. The molecule has 2 amide bonds. The van der Waals surface area contributed by atoms with Crippen LogP contribution in [0.3, 0.4) is 0 Å². The molecular formula is C18H25N3O2S. The Labute approximate surface area is 147 Å². The smallest absolute Gasteiger partial charge is 0.225 e. The summed E-state index contributed by atoms with van der Waals surface area (Å²) in [7, 11) is 0. The molecule has 24 heavy (non-hydrogen) atoms. The van der Waals surface area contributed by atoms with Crippen molar-refractivity contribution >= 4 is 23.2 Å². The molecule has 3 heterocycles. The number of nitrogens with zero attached hydrogens (tertiary/aromatic N) is 3. The van der Waals surface area contributed by atoms with Crippen LogP contribution in [0.25, 0.3) is 0 Å². The highest BCUT2D eigenvalue weighted by Crippen LogP contribution is 2.42. The number of piperidine rings is 2. The summed E-state index contributed by atoms with van der Waals surface area (Å²) in [6.45, 7) is 5.20. The average Bonchev–Trinajstić information content (AvgIpc) is 3.35. The summed E-state index contributed by atoms with van der Waals surface area (Å²) < 4.78 is 0. The first-order valence-corrected chi connectivity index (χ1v) is 9.90. The summed E-state index contributed by atoms with van der Waals surface area (Å²) in [5.74, 6) is 0.936. The third-order valence-corrected chi connectivity index (χ3v) is 6.65. The number of aromatic nitrogens is 1. The molecular weight excluding hydrogens is 322 g/mol. The van der Waals surface area contributed by atoms with Gasteiger partial charge in [0.05, 0.1) is 17.2 Å². The molecule has 6 heteroatoms. The van der Waals surface area contributed by atoms with E-state index in [4.69, 9.17) is 0 Å². The van der Waals surface area contributed by atoms with Crippen LogP contribution in [0.5, 0.6) is 0 Å². The third kappa shape index (κ3) is 3.21. The number of thiazole rings is 1. The molecule has 0 atom stereocenters. The molecule has 2 saturated heterocycles. The Balaban J connectivity index is 1.39. The molecule has 2 aliphatic heterocycles. The Morgan fingerprint density at radius 3 is 2.71 bits per heavy atom. The summed E-state index contributed by atoms with van der Waals surface area (Å²) in [6.07, 6.45) is 5.84. The molecule has 1 aliphatic carbocycles. The van der Waals surface area contributed by atoms with E-state index in [0.29, 0.717) is 24.8 Å². The Morgan fingerprint density at radius 2 is 2.08 bits per heavy atom. The first kappa shape index (κ1) is 16.1. The van der Waals surface area contributed by atoms with Gasteiger partial charge >= 0.3 is 0 Å². The number of hydrogen-bond donors (Lipinski definition) is 0. The van der Waals surface area contributed by atoms with Crippen LogP contribution in [-0.4, -0.2) is 46.2 Å². The van der Waals surface area contributed by atoms with Gasteiger partial charge in [-0.05, 0) is 44.4 Å². The number of carbonyl (C=O) groups is 2. The number of likely N-dealkylation sites (tertiary alicyclic amines) is 2. The largest absolute Gasteiger partial charge is 0.342 e. The molecule has 1 aromatic heterocycles. The zero-order valence-corrected chi connectivity index (χ0v) is 15.1. The molecule has 0 N–H and O–H groups in total. The zero-order valence-electron chi connectivity index (χ0n) is 14.3. The van der Waals surface area contributed by atoms with E-state index in [-0.39, 0.29) is 11.3 Å². The van der Waals surface area contributed by atoms with E-state index >= 15 is 0 Å². The molecule has 0 aromatic carbocycles. The highest BCUT2D eigenvalue weighted by Gasteiger charge is 2.43. The quantitative estimate of drug-likeness (QED) is 0.844. The van der Waals surface area contributed by atoms with Gasteiger partial charge in [-0.3, -0.25) is 9.59 Å². The summed E-state index contributed by atoms with van der Waals surface area (Å²) >= 11 is 1.64. The van der Waals surface area contributed by atoms with Gasteiger partial charge in [-0.15, -0.1) is 11.3 Å². The van der Waals surface area contributed by atoms with Crippen LogP contribution in [0.2, 0.25) is 0 Å². The van der Waals surface area contributed by atoms with E-state index < -0.39 is 0 Å². The van der Waals surface area contributed by atoms with Gasteiger partial charge in [0.25, 0.3) is 0 Å². The predicted molar refractivity (Wildman–Crippen MR) is 92.5 cm³/mol. The third-order valence-electron chi connectivity index (χ3n) is 5.83.